The first kappa shape index (κ1) is 17.9. The number of rotatable bonds is 7. The lowest BCUT2D eigenvalue weighted by Crippen LogP contribution is -2.43. The topological polar surface area (TPSA) is 41.6 Å². The minimum Gasteiger partial charge on any atom is -0.376 e. The van der Waals surface area contributed by atoms with Crippen LogP contribution >= 0.6 is 11.3 Å². The Hall–Kier alpha value is -1.92. The largest absolute Gasteiger partial charge is 0.376 e. The molecule has 2 amide bonds. The first-order valence-corrected chi connectivity index (χ1v) is 9.50. The third kappa shape index (κ3) is 5.54. The number of ether oxygens (including phenoxy) is 1. The van der Waals surface area contributed by atoms with Crippen molar-refractivity contribution < 1.29 is 13.9 Å². The fraction of sp³-hybridized carbons (Fsp3) is 0.421. The van der Waals surface area contributed by atoms with Gasteiger partial charge < -0.3 is 15.0 Å². The second kappa shape index (κ2) is 8.97. The van der Waals surface area contributed by atoms with Crippen molar-refractivity contribution in [2.45, 2.75) is 31.9 Å². The van der Waals surface area contributed by atoms with Crippen molar-refractivity contribution in [2.75, 3.05) is 19.7 Å². The lowest BCUT2D eigenvalue weighted by atomic mass is 10.1. The van der Waals surface area contributed by atoms with Crippen LogP contribution in [0.3, 0.4) is 0 Å². The Morgan fingerprint density at radius 3 is 3.00 bits per heavy atom. The first-order chi connectivity index (χ1) is 12.2. The van der Waals surface area contributed by atoms with Gasteiger partial charge in [-0.25, -0.2) is 9.18 Å². The number of carbonyl (C=O) groups excluding carboxylic acids is 1. The number of urea groups is 1. The molecule has 1 N–H and O–H groups in total. The van der Waals surface area contributed by atoms with Crippen molar-refractivity contribution in [2.24, 2.45) is 0 Å². The van der Waals surface area contributed by atoms with Crippen molar-refractivity contribution in [3.63, 3.8) is 0 Å². The molecule has 0 aliphatic carbocycles. The van der Waals surface area contributed by atoms with Gasteiger partial charge in [-0.15, -0.1) is 11.3 Å². The van der Waals surface area contributed by atoms with Gasteiger partial charge in [-0.2, -0.15) is 0 Å². The summed E-state index contributed by atoms with van der Waals surface area (Å²) in [6.07, 6.45) is 2.78. The molecule has 1 aromatic carbocycles. The van der Waals surface area contributed by atoms with E-state index >= 15 is 0 Å². The molecule has 1 aromatic heterocycles. The van der Waals surface area contributed by atoms with Crippen LogP contribution in [0.1, 0.15) is 23.3 Å². The van der Waals surface area contributed by atoms with Crippen LogP contribution in [-0.4, -0.2) is 36.7 Å². The molecule has 2 aromatic rings. The maximum absolute atomic E-state index is 13.2. The van der Waals surface area contributed by atoms with Crippen molar-refractivity contribution in [3.8, 4) is 0 Å². The van der Waals surface area contributed by atoms with Crippen molar-refractivity contribution >= 4 is 17.4 Å². The van der Waals surface area contributed by atoms with Crippen LogP contribution in [0, 0.1) is 5.82 Å². The molecule has 2 heterocycles. The average molecular weight is 362 g/mol. The Kier molecular flexibility index (Phi) is 6.42. The first-order valence-electron chi connectivity index (χ1n) is 8.62. The van der Waals surface area contributed by atoms with Gasteiger partial charge in [0.05, 0.1) is 12.6 Å². The van der Waals surface area contributed by atoms with Crippen LogP contribution in [0.2, 0.25) is 0 Å². The number of nitrogens with one attached hydrogen (secondary N) is 1. The van der Waals surface area contributed by atoms with Crippen LogP contribution in [0.15, 0.2) is 41.8 Å². The average Bonchev–Trinajstić information content (AvgIpc) is 3.28. The van der Waals surface area contributed by atoms with Crippen LogP contribution in [-0.2, 0) is 17.7 Å². The molecule has 0 bridgehead atoms. The fourth-order valence-corrected chi connectivity index (χ4v) is 3.68. The lowest BCUT2D eigenvalue weighted by Gasteiger charge is -2.25. The molecule has 1 unspecified atom stereocenters. The number of carbonyl (C=O) groups is 1. The second-order valence-electron chi connectivity index (χ2n) is 6.21. The summed E-state index contributed by atoms with van der Waals surface area (Å²) in [5.41, 5.74) is 0.879. The highest BCUT2D eigenvalue weighted by Crippen LogP contribution is 2.17. The predicted octanol–water partition coefficient (Wildman–Crippen LogP) is 3.82. The maximum atomic E-state index is 13.2. The van der Waals surface area contributed by atoms with Gasteiger partial charge in [-0.05, 0) is 48.4 Å². The van der Waals surface area contributed by atoms with E-state index in [0.717, 1.165) is 29.9 Å². The van der Waals surface area contributed by atoms with Crippen LogP contribution in [0.25, 0.3) is 0 Å². The van der Waals surface area contributed by atoms with Gasteiger partial charge >= 0.3 is 6.03 Å². The van der Waals surface area contributed by atoms with E-state index in [1.807, 2.05) is 28.5 Å². The number of thiophene rings is 1. The summed E-state index contributed by atoms with van der Waals surface area (Å²) in [5.74, 6) is -0.249. The Morgan fingerprint density at radius 2 is 2.28 bits per heavy atom. The van der Waals surface area contributed by atoms with E-state index in [9.17, 15) is 9.18 Å². The van der Waals surface area contributed by atoms with Gasteiger partial charge in [0.2, 0.25) is 0 Å². The molecule has 1 aliphatic rings. The summed E-state index contributed by atoms with van der Waals surface area (Å²) in [5, 5.41) is 4.97. The highest BCUT2D eigenvalue weighted by atomic mass is 32.1. The fourth-order valence-electron chi connectivity index (χ4n) is 2.96. The predicted molar refractivity (Wildman–Crippen MR) is 97.2 cm³/mol. The lowest BCUT2D eigenvalue weighted by molar-refractivity contribution is 0.0798. The molecule has 3 rings (SSSR count). The molecule has 6 heteroatoms. The molecule has 1 atom stereocenters. The van der Waals surface area contributed by atoms with Gasteiger partial charge in [-0.1, -0.05) is 18.2 Å². The molecule has 1 saturated heterocycles. The standard InChI is InChI=1S/C19H23FN2O2S/c20-16-5-1-4-15(12-16)8-9-21-19(23)22(13-17-6-2-10-24-17)14-18-7-3-11-25-18/h1,3-5,7,11-12,17H,2,6,8-10,13-14H2,(H,21,23). The Labute approximate surface area is 151 Å². The minimum atomic E-state index is -0.249. The normalized spacial score (nSPS) is 16.8. The summed E-state index contributed by atoms with van der Waals surface area (Å²) < 4.78 is 18.9. The van der Waals surface area contributed by atoms with E-state index in [-0.39, 0.29) is 18.0 Å². The van der Waals surface area contributed by atoms with Gasteiger partial charge in [0.15, 0.2) is 0 Å². The molecular weight excluding hydrogens is 339 g/mol. The number of nitrogens with zero attached hydrogens (tertiary/aromatic N) is 1. The maximum Gasteiger partial charge on any atom is 0.317 e. The molecule has 4 nitrogen and oxygen atoms in total. The molecule has 25 heavy (non-hydrogen) atoms. The minimum absolute atomic E-state index is 0.0969. The monoisotopic (exact) mass is 362 g/mol. The smallest absolute Gasteiger partial charge is 0.317 e. The van der Waals surface area contributed by atoms with E-state index in [0.29, 0.717) is 26.1 Å². The summed E-state index contributed by atoms with van der Waals surface area (Å²) in [4.78, 5) is 15.6. The molecular formula is C19H23FN2O2S. The van der Waals surface area contributed by atoms with Crippen molar-refractivity contribution in [3.05, 3.63) is 58.0 Å². The Balaban J connectivity index is 1.53. The number of halogens is 1. The molecule has 1 aliphatic heterocycles. The SMILES string of the molecule is O=C(NCCc1cccc(F)c1)N(Cc1cccs1)CC1CCCO1. The van der Waals surface area contributed by atoms with Crippen LogP contribution < -0.4 is 5.32 Å². The van der Waals surface area contributed by atoms with E-state index in [1.165, 1.54) is 12.1 Å². The number of hydrogen-bond acceptors (Lipinski definition) is 3. The summed E-state index contributed by atoms with van der Waals surface area (Å²) in [6, 6.07) is 10.4. The summed E-state index contributed by atoms with van der Waals surface area (Å²) in [7, 11) is 0. The number of benzene rings is 1. The zero-order valence-corrected chi connectivity index (χ0v) is 14.9. The van der Waals surface area contributed by atoms with Crippen LogP contribution in [0.4, 0.5) is 9.18 Å². The quantitative estimate of drug-likeness (QED) is 0.813. The molecule has 134 valence electrons. The van der Waals surface area contributed by atoms with E-state index in [1.54, 1.807) is 17.4 Å². The van der Waals surface area contributed by atoms with E-state index < -0.39 is 0 Å². The third-order valence-corrected chi connectivity index (χ3v) is 5.10. The molecule has 1 fully saturated rings. The number of amides is 2. The molecule has 0 radical (unpaired) electrons. The summed E-state index contributed by atoms with van der Waals surface area (Å²) >= 11 is 1.64. The zero-order chi connectivity index (χ0) is 17.5. The van der Waals surface area contributed by atoms with Gasteiger partial charge in [-0.3, -0.25) is 0 Å². The van der Waals surface area contributed by atoms with Crippen molar-refractivity contribution in [1.29, 1.82) is 0 Å². The van der Waals surface area contributed by atoms with Crippen molar-refractivity contribution in [1.82, 2.24) is 10.2 Å². The summed E-state index contributed by atoms with van der Waals surface area (Å²) in [6.45, 7) is 2.44. The highest BCUT2D eigenvalue weighted by molar-refractivity contribution is 7.09. The zero-order valence-electron chi connectivity index (χ0n) is 14.1. The number of hydrogen-bond donors (Lipinski definition) is 1. The van der Waals surface area contributed by atoms with Gasteiger partial charge in [0.25, 0.3) is 0 Å². The second-order valence-corrected chi connectivity index (χ2v) is 7.24. The van der Waals surface area contributed by atoms with Gasteiger partial charge in [0, 0.05) is 24.6 Å². The Bertz CT molecular complexity index is 672. The highest BCUT2D eigenvalue weighted by Gasteiger charge is 2.22. The third-order valence-electron chi connectivity index (χ3n) is 4.24. The Morgan fingerprint density at radius 1 is 1.36 bits per heavy atom. The molecule has 0 spiro atoms. The molecule has 0 saturated carbocycles. The van der Waals surface area contributed by atoms with E-state index in [2.05, 4.69) is 5.32 Å². The van der Waals surface area contributed by atoms with Gasteiger partial charge in [0.1, 0.15) is 5.82 Å². The van der Waals surface area contributed by atoms with E-state index in [4.69, 9.17) is 4.74 Å². The van der Waals surface area contributed by atoms with Crippen LogP contribution in [0.5, 0.6) is 0 Å².